The Bertz CT molecular complexity index is 721. The van der Waals surface area contributed by atoms with Crippen molar-refractivity contribution in [1.29, 1.82) is 0 Å². The number of aromatic nitrogens is 1. The number of thiophene rings is 1. The molecule has 0 radical (unpaired) electrons. The highest BCUT2D eigenvalue weighted by Crippen LogP contribution is 2.40. The number of nitrogens with zero attached hydrogens (tertiary/aromatic N) is 2. The van der Waals surface area contributed by atoms with Crippen LogP contribution in [0.15, 0.2) is 21.9 Å². The van der Waals surface area contributed by atoms with Gasteiger partial charge in [0, 0.05) is 23.4 Å². The molecule has 2 atom stereocenters. The lowest BCUT2D eigenvalue weighted by Gasteiger charge is -2.25. The van der Waals surface area contributed by atoms with Crippen molar-refractivity contribution >= 4 is 17.2 Å². The van der Waals surface area contributed by atoms with Gasteiger partial charge in [-0.15, -0.1) is 11.3 Å². The maximum atomic E-state index is 12.9. The van der Waals surface area contributed by atoms with Gasteiger partial charge in [-0.2, -0.15) is 0 Å². The van der Waals surface area contributed by atoms with E-state index in [0.717, 1.165) is 37.1 Å². The molecule has 1 aliphatic heterocycles. The van der Waals surface area contributed by atoms with Crippen LogP contribution in [0.5, 0.6) is 0 Å². The topological polar surface area (TPSA) is 66.6 Å². The summed E-state index contributed by atoms with van der Waals surface area (Å²) in [6, 6.07) is 3.94. The summed E-state index contributed by atoms with van der Waals surface area (Å²) < 4.78 is 5.78. The molecule has 1 amide bonds. The number of hydrogen-bond donors (Lipinski definition) is 1. The van der Waals surface area contributed by atoms with E-state index >= 15 is 0 Å². The Morgan fingerprint density at radius 2 is 2.33 bits per heavy atom. The van der Waals surface area contributed by atoms with Gasteiger partial charge in [-0.05, 0) is 50.5 Å². The number of rotatable bonds is 5. The van der Waals surface area contributed by atoms with Crippen LogP contribution in [0.25, 0.3) is 0 Å². The number of carbonyl (C=O) groups excluding carboxylic acids is 1. The van der Waals surface area contributed by atoms with Gasteiger partial charge in [0.15, 0.2) is 5.89 Å². The van der Waals surface area contributed by atoms with E-state index in [-0.39, 0.29) is 11.9 Å². The minimum absolute atomic E-state index is 0.0588. The second-order valence-electron chi connectivity index (χ2n) is 6.80. The van der Waals surface area contributed by atoms with E-state index in [1.807, 2.05) is 29.3 Å². The molecule has 2 unspecified atom stereocenters. The third-order valence-corrected chi connectivity index (χ3v) is 5.91. The Kier molecular flexibility index (Phi) is 4.18. The monoisotopic (exact) mass is 346 g/mol. The normalized spacial score (nSPS) is 22.1. The summed E-state index contributed by atoms with van der Waals surface area (Å²) in [5.41, 5.74) is 0.686. The van der Waals surface area contributed by atoms with E-state index in [4.69, 9.17) is 4.42 Å². The average Bonchev–Trinajstić information content (AvgIpc) is 2.99. The number of oxazole rings is 1. The molecule has 0 spiro atoms. The average molecular weight is 346 g/mol. The predicted octanol–water partition coefficient (Wildman–Crippen LogP) is 3.65. The zero-order chi connectivity index (χ0) is 16.7. The fourth-order valence-electron chi connectivity index (χ4n) is 3.45. The molecular weight excluding hydrogens is 324 g/mol. The van der Waals surface area contributed by atoms with Crippen molar-refractivity contribution in [3.63, 3.8) is 0 Å². The van der Waals surface area contributed by atoms with Crippen molar-refractivity contribution in [2.75, 3.05) is 6.54 Å². The van der Waals surface area contributed by atoms with Gasteiger partial charge >= 0.3 is 0 Å². The quantitative estimate of drug-likeness (QED) is 0.897. The van der Waals surface area contributed by atoms with E-state index in [1.165, 1.54) is 0 Å². The van der Waals surface area contributed by atoms with Crippen LogP contribution in [0.4, 0.5) is 0 Å². The van der Waals surface area contributed by atoms with Crippen LogP contribution in [0.3, 0.4) is 0 Å². The van der Waals surface area contributed by atoms with Crippen molar-refractivity contribution in [2.45, 2.75) is 57.1 Å². The zero-order valence-corrected chi connectivity index (χ0v) is 14.6. The van der Waals surface area contributed by atoms with Crippen molar-refractivity contribution < 1.29 is 14.3 Å². The van der Waals surface area contributed by atoms with E-state index in [2.05, 4.69) is 4.98 Å². The van der Waals surface area contributed by atoms with Crippen molar-refractivity contribution in [1.82, 2.24) is 9.88 Å². The van der Waals surface area contributed by atoms with Crippen LogP contribution in [-0.4, -0.2) is 33.5 Å². The number of likely N-dealkylation sites (tertiary alicyclic amines) is 1. The lowest BCUT2D eigenvalue weighted by molar-refractivity contribution is 0.0637. The number of hydrogen-bond acceptors (Lipinski definition) is 5. The van der Waals surface area contributed by atoms with Gasteiger partial charge in [0.05, 0.1) is 11.8 Å². The molecule has 2 aromatic heterocycles. The molecule has 3 heterocycles. The summed E-state index contributed by atoms with van der Waals surface area (Å²) in [4.78, 5) is 20.2. The summed E-state index contributed by atoms with van der Waals surface area (Å²) in [6.07, 6.45) is 4.17. The van der Waals surface area contributed by atoms with E-state index < -0.39 is 6.10 Å². The smallest absolute Gasteiger partial charge is 0.291 e. The van der Waals surface area contributed by atoms with Crippen LogP contribution < -0.4 is 0 Å². The number of aliphatic hydroxyl groups excluding tert-OH is 1. The van der Waals surface area contributed by atoms with Crippen LogP contribution in [0.2, 0.25) is 0 Å². The maximum Gasteiger partial charge on any atom is 0.291 e. The minimum atomic E-state index is -0.513. The molecule has 6 heteroatoms. The summed E-state index contributed by atoms with van der Waals surface area (Å²) >= 11 is 1.55. The molecule has 1 saturated carbocycles. The number of amides is 1. The lowest BCUT2D eigenvalue weighted by Crippen LogP contribution is -2.36. The predicted molar refractivity (Wildman–Crippen MR) is 91.2 cm³/mol. The molecular formula is C18H22N2O3S. The summed E-state index contributed by atoms with van der Waals surface area (Å²) in [5, 5.41) is 12.4. The van der Waals surface area contributed by atoms with Crippen molar-refractivity contribution in [3.05, 3.63) is 39.7 Å². The van der Waals surface area contributed by atoms with Crippen LogP contribution in [0.1, 0.15) is 71.1 Å². The highest BCUT2D eigenvalue weighted by molar-refractivity contribution is 7.10. The molecule has 24 heavy (non-hydrogen) atoms. The number of carbonyl (C=O) groups is 1. The summed E-state index contributed by atoms with van der Waals surface area (Å²) in [6.45, 7) is 2.56. The SMILES string of the molecule is Cc1nc(C2CC2)oc1C(=O)N1CCCC1CC(O)c1cccs1. The Morgan fingerprint density at radius 3 is 3.04 bits per heavy atom. The van der Waals surface area contributed by atoms with E-state index in [0.29, 0.717) is 29.7 Å². The molecule has 5 nitrogen and oxygen atoms in total. The van der Waals surface area contributed by atoms with E-state index in [9.17, 15) is 9.90 Å². The minimum Gasteiger partial charge on any atom is -0.435 e. The van der Waals surface area contributed by atoms with Crippen molar-refractivity contribution in [3.8, 4) is 0 Å². The second-order valence-corrected chi connectivity index (χ2v) is 7.78. The van der Waals surface area contributed by atoms with E-state index in [1.54, 1.807) is 11.3 Å². The molecule has 1 aliphatic carbocycles. The zero-order valence-electron chi connectivity index (χ0n) is 13.8. The maximum absolute atomic E-state index is 12.9. The Labute approximate surface area is 145 Å². The first-order valence-electron chi connectivity index (χ1n) is 8.63. The second kappa shape index (κ2) is 6.33. The first-order chi connectivity index (χ1) is 11.6. The highest BCUT2D eigenvalue weighted by Gasteiger charge is 2.36. The molecule has 1 saturated heterocycles. The van der Waals surface area contributed by atoms with Gasteiger partial charge in [-0.3, -0.25) is 4.79 Å². The highest BCUT2D eigenvalue weighted by atomic mass is 32.1. The van der Waals surface area contributed by atoms with Crippen LogP contribution in [-0.2, 0) is 0 Å². The Morgan fingerprint density at radius 1 is 1.50 bits per heavy atom. The number of aliphatic hydroxyl groups is 1. The molecule has 1 N–H and O–H groups in total. The summed E-state index contributed by atoms with van der Waals surface area (Å²) in [7, 11) is 0. The Hall–Kier alpha value is -1.66. The molecule has 128 valence electrons. The van der Waals surface area contributed by atoms with Gasteiger partial charge in [0.1, 0.15) is 0 Å². The standard InChI is InChI=1S/C18H22N2O3S/c1-11-16(23-17(19-11)12-6-7-12)18(22)20-8-2-4-13(20)10-14(21)15-5-3-9-24-15/h3,5,9,12-14,21H,2,4,6-8,10H2,1H3. The first kappa shape index (κ1) is 15.8. The molecule has 2 aromatic rings. The largest absolute Gasteiger partial charge is 0.435 e. The van der Waals surface area contributed by atoms with Gasteiger partial charge < -0.3 is 14.4 Å². The van der Waals surface area contributed by atoms with Gasteiger partial charge in [0.25, 0.3) is 5.91 Å². The fraction of sp³-hybridized carbons (Fsp3) is 0.556. The van der Waals surface area contributed by atoms with Crippen molar-refractivity contribution in [2.24, 2.45) is 0 Å². The lowest BCUT2D eigenvalue weighted by atomic mass is 10.1. The molecule has 4 rings (SSSR count). The molecule has 0 aromatic carbocycles. The fourth-order valence-corrected chi connectivity index (χ4v) is 4.18. The first-order valence-corrected chi connectivity index (χ1v) is 9.51. The van der Waals surface area contributed by atoms with Crippen LogP contribution in [0, 0.1) is 6.92 Å². The summed E-state index contributed by atoms with van der Waals surface area (Å²) in [5.74, 6) is 1.42. The third-order valence-electron chi connectivity index (χ3n) is 4.94. The number of aryl methyl sites for hydroxylation is 1. The van der Waals surface area contributed by atoms with Gasteiger partial charge in [-0.25, -0.2) is 4.98 Å². The van der Waals surface area contributed by atoms with Gasteiger partial charge in [-0.1, -0.05) is 6.07 Å². The molecule has 2 aliphatic rings. The Balaban J connectivity index is 1.48. The van der Waals surface area contributed by atoms with Crippen LogP contribution >= 0.6 is 11.3 Å². The van der Waals surface area contributed by atoms with Gasteiger partial charge in [0.2, 0.25) is 5.76 Å². The molecule has 2 fully saturated rings. The molecule has 0 bridgehead atoms. The third kappa shape index (κ3) is 3.00.